The molecule has 3 amide bonds. The van der Waals surface area contributed by atoms with Crippen LogP contribution in [-0.2, 0) is 19.1 Å². The Hall–Kier alpha value is -6.69. The summed E-state index contributed by atoms with van der Waals surface area (Å²) in [4.78, 5) is 62.5. The molecule has 0 aliphatic carbocycles. The summed E-state index contributed by atoms with van der Waals surface area (Å²) in [5.41, 5.74) is 2.87. The third-order valence-electron chi connectivity index (χ3n) is 14.8. The Kier molecular flexibility index (Phi) is 13.6. The van der Waals surface area contributed by atoms with Gasteiger partial charge in [0.1, 0.15) is 41.1 Å². The average molecular weight is 991 g/mol. The maximum Gasteiger partial charge on any atom is 0.407 e. The van der Waals surface area contributed by atoms with E-state index in [0.29, 0.717) is 66.1 Å². The van der Waals surface area contributed by atoms with E-state index >= 15 is 17.6 Å². The quantitative estimate of drug-likeness (QED) is 0.102. The van der Waals surface area contributed by atoms with Crippen LogP contribution in [0.2, 0.25) is 0 Å². The second-order valence-electron chi connectivity index (χ2n) is 20.2. The highest BCUT2D eigenvalue weighted by atomic mass is 19.1. The van der Waals surface area contributed by atoms with Crippen molar-refractivity contribution in [3.05, 3.63) is 125 Å². The molecule has 72 heavy (non-hydrogen) atoms. The average Bonchev–Trinajstić information content (AvgIpc) is 4.22. The van der Waals surface area contributed by atoms with Crippen LogP contribution in [0.5, 0.6) is 0 Å². The summed E-state index contributed by atoms with van der Waals surface area (Å²) in [6.45, 7) is 9.25. The molecule has 6 aromatic rings. The number of morpholine rings is 1. The third-order valence-corrected chi connectivity index (χ3v) is 14.8. The number of methoxy groups -OCH3 is 1. The van der Waals surface area contributed by atoms with Gasteiger partial charge in [-0.25, -0.2) is 32.3 Å². The molecule has 2 aromatic heterocycles. The lowest BCUT2D eigenvalue weighted by Gasteiger charge is -2.36. The Morgan fingerprint density at radius 2 is 1.31 bits per heavy atom. The predicted molar refractivity (Wildman–Crippen MR) is 264 cm³/mol. The maximum atomic E-state index is 16.9. The number of alkyl carbamates (subject to hydrolysis) is 1. The molecule has 0 saturated carbocycles. The Morgan fingerprint density at radius 1 is 0.736 bits per heavy atom. The molecule has 4 aliphatic rings. The fourth-order valence-electron chi connectivity index (χ4n) is 11.4. The zero-order chi connectivity index (χ0) is 50.5. The van der Waals surface area contributed by atoms with Crippen molar-refractivity contribution in [2.45, 2.75) is 103 Å². The van der Waals surface area contributed by atoms with Crippen molar-refractivity contribution in [2.24, 2.45) is 11.8 Å². The van der Waals surface area contributed by atoms with Crippen LogP contribution in [0.15, 0.2) is 66.7 Å². The van der Waals surface area contributed by atoms with Crippen LogP contribution < -0.4 is 15.1 Å². The lowest BCUT2D eigenvalue weighted by Crippen LogP contribution is -2.51. The molecule has 4 aromatic carbocycles. The number of hydrogen-bond donors (Lipinski definition) is 3. The predicted octanol–water partition coefficient (Wildman–Crippen LogP) is 10.2. The minimum atomic E-state index is -0.848. The SMILES string of the molecule is COC(=O)N[C@H](C(=O)N1CCC[C@H]1c1nc2cc([C@H]3CC[C@H](c4cc5nc([C@@H]6CCCN6C(=O)[CH]C(C)C)[nH]c5cc4F)N3c3cc(F)c(N4CCO[C@@H](c5ccccc5)C4)c(F)c3)c(F)cc2[nH]1)C(C)C. The summed E-state index contributed by atoms with van der Waals surface area (Å²) in [7, 11) is 1.23. The Morgan fingerprint density at radius 3 is 1.86 bits per heavy atom. The summed E-state index contributed by atoms with van der Waals surface area (Å²) in [6.07, 6.45) is 3.84. The maximum absolute atomic E-state index is 16.9. The third kappa shape index (κ3) is 9.33. The van der Waals surface area contributed by atoms with Crippen LogP contribution in [0, 0.1) is 41.5 Å². The van der Waals surface area contributed by atoms with Gasteiger partial charge in [-0.15, -0.1) is 0 Å². The van der Waals surface area contributed by atoms with Gasteiger partial charge in [0, 0.05) is 43.0 Å². The van der Waals surface area contributed by atoms with E-state index in [1.54, 1.807) is 38.2 Å². The van der Waals surface area contributed by atoms with Crippen molar-refractivity contribution in [1.29, 1.82) is 0 Å². The van der Waals surface area contributed by atoms with Crippen LogP contribution in [-0.4, -0.2) is 93.6 Å². The van der Waals surface area contributed by atoms with E-state index in [1.165, 1.54) is 31.4 Å². The van der Waals surface area contributed by atoms with Crippen LogP contribution in [0.25, 0.3) is 22.1 Å². The van der Waals surface area contributed by atoms with E-state index in [2.05, 4.69) is 15.3 Å². The van der Waals surface area contributed by atoms with E-state index < -0.39 is 59.6 Å². The van der Waals surface area contributed by atoms with Gasteiger partial charge in [-0.2, -0.15) is 0 Å². The summed E-state index contributed by atoms with van der Waals surface area (Å²) in [5, 5.41) is 2.66. The normalized spacial score (nSPS) is 22.0. The lowest BCUT2D eigenvalue weighted by atomic mass is 10.0. The summed E-state index contributed by atoms with van der Waals surface area (Å²) in [6, 6.07) is 14.6. The van der Waals surface area contributed by atoms with Crippen molar-refractivity contribution in [3.8, 4) is 0 Å². The highest BCUT2D eigenvalue weighted by Gasteiger charge is 2.42. The van der Waals surface area contributed by atoms with Gasteiger partial charge in [-0.05, 0) is 92.3 Å². The minimum absolute atomic E-state index is 0.0583. The smallest absolute Gasteiger partial charge is 0.407 e. The van der Waals surface area contributed by atoms with E-state index in [0.717, 1.165) is 12.0 Å². The largest absolute Gasteiger partial charge is 0.453 e. The van der Waals surface area contributed by atoms with Crippen molar-refractivity contribution in [3.63, 3.8) is 0 Å². The Bertz CT molecular complexity index is 2980. The number of nitrogens with zero attached hydrogens (tertiary/aromatic N) is 6. The van der Waals surface area contributed by atoms with E-state index in [9.17, 15) is 14.4 Å². The number of likely N-dealkylation sites (tertiary alicyclic amines) is 2. The van der Waals surface area contributed by atoms with Crippen LogP contribution in [0.4, 0.5) is 33.7 Å². The van der Waals surface area contributed by atoms with Crippen molar-refractivity contribution in [1.82, 2.24) is 35.1 Å². The Labute approximate surface area is 415 Å². The van der Waals surface area contributed by atoms with Crippen molar-refractivity contribution in [2.75, 3.05) is 49.7 Å². The number of hydrogen-bond acceptors (Lipinski definition) is 9. The summed E-state index contributed by atoms with van der Waals surface area (Å²) >= 11 is 0. The van der Waals surface area contributed by atoms with E-state index in [4.69, 9.17) is 19.4 Å². The molecule has 6 heterocycles. The number of benzene rings is 4. The van der Waals surface area contributed by atoms with Crippen LogP contribution in [0.3, 0.4) is 0 Å². The number of carbonyl (C=O) groups is 3. The minimum Gasteiger partial charge on any atom is -0.453 e. The monoisotopic (exact) mass is 990 g/mol. The topological polar surface area (TPSA) is 152 Å². The van der Waals surface area contributed by atoms with Gasteiger partial charge in [0.15, 0.2) is 11.6 Å². The second-order valence-corrected chi connectivity index (χ2v) is 20.2. The highest BCUT2D eigenvalue weighted by molar-refractivity contribution is 5.87. The van der Waals surface area contributed by atoms with Gasteiger partial charge < -0.3 is 44.4 Å². The molecule has 3 N–H and O–H groups in total. The number of H-pyrrole nitrogens is 2. The van der Waals surface area contributed by atoms with Crippen LogP contribution in [0.1, 0.15) is 125 Å². The number of nitrogens with one attached hydrogen (secondary N) is 3. The molecule has 4 saturated heterocycles. The van der Waals surface area contributed by atoms with Gasteiger partial charge >= 0.3 is 6.09 Å². The van der Waals surface area contributed by atoms with Gasteiger partial charge in [0.05, 0.1) is 66.4 Å². The number of fused-ring (bicyclic) bond motifs is 2. The molecular formula is C54H60F4N9O5. The molecule has 0 spiro atoms. The molecule has 14 nitrogen and oxygen atoms in total. The number of anilines is 2. The zero-order valence-corrected chi connectivity index (χ0v) is 41.1. The molecule has 6 atom stereocenters. The number of halogens is 4. The number of imidazole rings is 2. The number of ether oxygens (including phenoxy) is 2. The first-order valence-electron chi connectivity index (χ1n) is 25.0. The molecule has 4 aliphatic heterocycles. The fraction of sp³-hybridized carbons (Fsp3) is 0.444. The molecule has 0 unspecified atom stereocenters. The number of carbonyl (C=O) groups excluding carboxylic acids is 3. The van der Waals surface area contributed by atoms with Gasteiger partial charge in [-0.3, -0.25) is 9.59 Å². The number of amides is 3. The number of aromatic nitrogens is 4. The molecule has 18 heteroatoms. The molecule has 10 rings (SSSR count). The molecule has 4 fully saturated rings. The summed E-state index contributed by atoms with van der Waals surface area (Å²) in [5.74, 6) is -2.41. The highest BCUT2D eigenvalue weighted by Crippen LogP contribution is 2.50. The zero-order valence-electron chi connectivity index (χ0n) is 41.1. The molecule has 0 bridgehead atoms. The lowest BCUT2D eigenvalue weighted by molar-refractivity contribution is -0.135. The molecule has 379 valence electrons. The van der Waals surface area contributed by atoms with Gasteiger partial charge in [0.25, 0.3) is 0 Å². The first-order valence-corrected chi connectivity index (χ1v) is 25.0. The van der Waals surface area contributed by atoms with Crippen molar-refractivity contribution >= 4 is 51.3 Å². The van der Waals surface area contributed by atoms with Crippen molar-refractivity contribution < 1.29 is 41.4 Å². The Balaban J connectivity index is 1.01. The van der Waals surface area contributed by atoms with E-state index in [-0.39, 0.29) is 84.7 Å². The number of rotatable bonds is 12. The molecular weight excluding hydrogens is 931 g/mol. The van der Waals surface area contributed by atoms with Crippen LogP contribution >= 0.6 is 0 Å². The summed E-state index contributed by atoms with van der Waals surface area (Å²) < 4.78 is 78.2. The fourth-order valence-corrected chi connectivity index (χ4v) is 11.4. The standard InChI is InChI=1S/C54H60F4N9O5/c1-29(2)21-48(68)65-17-9-13-45(65)51-59-39-24-33(35(55)26-41(39)61-51)43-15-16-44(67(43)32-22-37(57)50(38(58)23-32)64-19-20-72-47(28-64)31-11-7-6-8-12-31)34-25-40-42(27-36(34)56)62-52(60-40)46-14-10-18-66(46)53(69)49(30(3)4)63-54(70)71-5/h6-8,11-12,21-27,29-30,43-47,49H,9-10,13-20,28H2,1-5H3,(H,59,61)(H,60,62)(H,63,70)/t43-,44-,45+,46+,47-,49+/m1/s1. The van der Waals surface area contributed by atoms with Gasteiger partial charge in [0.2, 0.25) is 11.8 Å². The number of aromatic amines is 2. The first kappa shape index (κ1) is 48.9. The second kappa shape index (κ2) is 20.1. The van der Waals surface area contributed by atoms with E-state index in [1.807, 2.05) is 58.0 Å². The van der Waals surface area contributed by atoms with Gasteiger partial charge in [-0.1, -0.05) is 58.0 Å². The first-order chi connectivity index (χ1) is 34.7. The molecule has 1 radical (unpaired) electrons.